The third kappa shape index (κ3) is 2.82. The van der Waals surface area contributed by atoms with Crippen LogP contribution in [0, 0.1) is 19.7 Å². The summed E-state index contributed by atoms with van der Waals surface area (Å²) in [4.78, 5) is 4.25. The number of fused-ring (bicyclic) bond motifs is 1. The lowest BCUT2D eigenvalue weighted by Gasteiger charge is -2.10. The van der Waals surface area contributed by atoms with Gasteiger partial charge in [-0.3, -0.25) is 0 Å². The van der Waals surface area contributed by atoms with Crippen LogP contribution in [-0.4, -0.2) is 36.6 Å². The molecule has 0 fully saturated rings. The molecule has 0 radical (unpaired) electrons. The molecule has 26 heavy (non-hydrogen) atoms. The number of nitrogens with two attached hydrogens (primary N) is 1. The molecule has 2 heterocycles. The van der Waals surface area contributed by atoms with E-state index in [1.165, 1.54) is 22.7 Å². The Morgan fingerprint density at radius 1 is 1.31 bits per heavy atom. The van der Waals surface area contributed by atoms with E-state index in [9.17, 15) is 12.8 Å². The van der Waals surface area contributed by atoms with Gasteiger partial charge in [0.2, 0.25) is 9.84 Å². The predicted molar refractivity (Wildman–Crippen MR) is 96.6 cm³/mol. The summed E-state index contributed by atoms with van der Waals surface area (Å²) in [5, 5.41) is 7.16. The van der Waals surface area contributed by atoms with E-state index >= 15 is 0 Å². The van der Waals surface area contributed by atoms with Crippen LogP contribution in [0.15, 0.2) is 34.1 Å². The fourth-order valence-electron chi connectivity index (χ4n) is 3.01. The van der Waals surface area contributed by atoms with Crippen LogP contribution in [-0.2, 0) is 16.3 Å². The van der Waals surface area contributed by atoms with Crippen molar-refractivity contribution in [3.05, 3.63) is 47.0 Å². The molecular weight excluding hydrogens is 357 g/mol. The van der Waals surface area contributed by atoms with Crippen molar-refractivity contribution in [2.45, 2.75) is 30.1 Å². The Bertz CT molecular complexity index is 1090. The van der Waals surface area contributed by atoms with Crippen molar-refractivity contribution in [1.82, 2.24) is 14.6 Å². The van der Waals surface area contributed by atoms with Crippen molar-refractivity contribution >= 4 is 21.3 Å². The Labute approximate surface area is 151 Å². The van der Waals surface area contributed by atoms with Gasteiger partial charge in [0.1, 0.15) is 5.82 Å². The molecule has 9 heteroatoms. The van der Waals surface area contributed by atoms with Crippen molar-refractivity contribution in [3.8, 4) is 0 Å². The maximum atomic E-state index is 13.6. The molecule has 2 aromatic heterocycles. The minimum atomic E-state index is -4.02. The van der Waals surface area contributed by atoms with Gasteiger partial charge in [0.05, 0.1) is 4.90 Å². The minimum absolute atomic E-state index is 0.0731. The molecule has 0 atom stereocenters. The lowest BCUT2D eigenvalue weighted by molar-refractivity contribution is 0.591. The molecule has 0 saturated heterocycles. The van der Waals surface area contributed by atoms with E-state index in [2.05, 4.69) is 15.4 Å². The highest BCUT2D eigenvalue weighted by molar-refractivity contribution is 7.91. The number of anilines is 1. The molecule has 3 aromatic rings. The summed E-state index contributed by atoms with van der Waals surface area (Å²) in [7, 11) is -2.44. The van der Waals surface area contributed by atoms with E-state index in [0.29, 0.717) is 18.7 Å². The molecule has 0 saturated carbocycles. The van der Waals surface area contributed by atoms with Crippen LogP contribution >= 0.6 is 0 Å². The molecule has 3 N–H and O–H groups in total. The van der Waals surface area contributed by atoms with Crippen molar-refractivity contribution in [3.63, 3.8) is 0 Å². The summed E-state index contributed by atoms with van der Waals surface area (Å²) < 4.78 is 41.4. The lowest BCUT2D eigenvalue weighted by Crippen LogP contribution is -2.11. The molecule has 3 rings (SSSR count). The molecule has 0 amide bonds. The first-order valence-electron chi connectivity index (χ1n) is 8.08. The first-order chi connectivity index (χ1) is 12.3. The van der Waals surface area contributed by atoms with Crippen LogP contribution in [0.3, 0.4) is 0 Å². The second-order valence-electron chi connectivity index (χ2n) is 5.92. The Morgan fingerprint density at radius 2 is 2.04 bits per heavy atom. The summed E-state index contributed by atoms with van der Waals surface area (Å²) >= 11 is 0. The van der Waals surface area contributed by atoms with Crippen LogP contribution in [0.4, 0.5) is 10.2 Å². The van der Waals surface area contributed by atoms with Gasteiger partial charge in [0.25, 0.3) is 0 Å². The zero-order valence-corrected chi connectivity index (χ0v) is 15.6. The van der Waals surface area contributed by atoms with E-state index in [0.717, 1.165) is 17.3 Å². The maximum Gasteiger partial charge on any atom is 0.214 e. The van der Waals surface area contributed by atoms with Crippen LogP contribution in [0.2, 0.25) is 0 Å². The average molecular weight is 377 g/mol. The molecule has 0 spiro atoms. The quantitative estimate of drug-likeness (QED) is 0.704. The van der Waals surface area contributed by atoms with Crippen molar-refractivity contribution in [1.29, 1.82) is 0 Å². The largest absolute Gasteiger partial charge is 0.370 e. The standard InChI is InChI=1S/C17H20FN5O2S/c1-10-14(7-8-19)11(2)23-17(21-10)15(16(20-3)22-23)26(24,25)13-6-4-5-12(18)9-13/h4-6,9H,7-8,19H2,1-3H3,(H,20,22). The first kappa shape index (κ1) is 18.3. The average Bonchev–Trinajstić information content (AvgIpc) is 2.98. The monoisotopic (exact) mass is 377 g/mol. The van der Waals surface area contributed by atoms with E-state index in [1.807, 2.05) is 13.8 Å². The minimum Gasteiger partial charge on any atom is -0.370 e. The number of nitrogens with zero attached hydrogens (tertiary/aromatic N) is 3. The first-order valence-corrected chi connectivity index (χ1v) is 9.56. The zero-order chi connectivity index (χ0) is 19.1. The zero-order valence-electron chi connectivity index (χ0n) is 14.7. The van der Waals surface area contributed by atoms with Crippen LogP contribution in [0.5, 0.6) is 0 Å². The molecule has 0 aliphatic heterocycles. The Kier molecular flexibility index (Phi) is 4.68. The second kappa shape index (κ2) is 6.65. The van der Waals surface area contributed by atoms with Crippen LogP contribution < -0.4 is 11.1 Å². The van der Waals surface area contributed by atoms with Crippen molar-refractivity contribution < 1.29 is 12.8 Å². The number of hydrogen-bond donors (Lipinski definition) is 2. The topological polar surface area (TPSA) is 102 Å². The number of hydrogen-bond acceptors (Lipinski definition) is 6. The predicted octanol–water partition coefficient (Wildman–Crippen LogP) is 1.86. The molecule has 7 nitrogen and oxygen atoms in total. The van der Waals surface area contributed by atoms with E-state index < -0.39 is 15.7 Å². The van der Waals surface area contributed by atoms with Gasteiger partial charge in [-0.25, -0.2) is 22.3 Å². The van der Waals surface area contributed by atoms with Gasteiger partial charge in [-0.1, -0.05) is 6.07 Å². The van der Waals surface area contributed by atoms with Gasteiger partial charge in [-0.2, -0.15) is 0 Å². The highest BCUT2D eigenvalue weighted by Crippen LogP contribution is 2.32. The third-order valence-corrected chi connectivity index (χ3v) is 6.08. The number of aryl methyl sites for hydroxylation is 2. The van der Waals surface area contributed by atoms with Gasteiger partial charge in [0.15, 0.2) is 16.4 Å². The Hall–Kier alpha value is -2.52. The lowest BCUT2D eigenvalue weighted by atomic mass is 10.1. The van der Waals surface area contributed by atoms with E-state index in [4.69, 9.17) is 5.73 Å². The number of halogens is 1. The number of nitrogens with one attached hydrogen (secondary N) is 1. The van der Waals surface area contributed by atoms with Gasteiger partial charge in [-0.05, 0) is 50.6 Å². The molecule has 0 unspecified atom stereocenters. The highest BCUT2D eigenvalue weighted by atomic mass is 32.2. The summed E-state index contributed by atoms with van der Waals surface area (Å²) in [5.41, 5.74) is 8.26. The Morgan fingerprint density at radius 3 is 2.65 bits per heavy atom. The normalized spacial score (nSPS) is 11.9. The fraction of sp³-hybridized carbons (Fsp3) is 0.294. The van der Waals surface area contributed by atoms with E-state index in [-0.39, 0.29) is 21.3 Å². The summed E-state index contributed by atoms with van der Waals surface area (Å²) in [6.45, 7) is 4.10. The maximum absolute atomic E-state index is 13.6. The SMILES string of the molecule is CNc1nn2c(C)c(CCN)c(C)nc2c1S(=O)(=O)c1cccc(F)c1. The third-order valence-electron chi connectivity index (χ3n) is 4.29. The Balaban J connectivity index is 2.36. The molecular formula is C17H20FN5O2S. The van der Waals surface area contributed by atoms with Crippen molar-refractivity contribution in [2.75, 3.05) is 18.9 Å². The highest BCUT2D eigenvalue weighted by Gasteiger charge is 2.30. The molecule has 0 aliphatic rings. The van der Waals surface area contributed by atoms with Crippen LogP contribution in [0.25, 0.3) is 5.65 Å². The van der Waals surface area contributed by atoms with Crippen molar-refractivity contribution in [2.24, 2.45) is 5.73 Å². The number of sulfone groups is 1. The number of rotatable bonds is 5. The molecule has 0 bridgehead atoms. The smallest absolute Gasteiger partial charge is 0.214 e. The van der Waals surface area contributed by atoms with Gasteiger partial charge >= 0.3 is 0 Å². The second-order valence-corrected chi connectivity index (χ2v) is 7.81. The number of benzene rings is 1. The molecule has 138 valence electrons. The van der Waals surface area contributed by atoms with E-state index in [1.54, 1.807) is 7.05 Å². The summed E-state index contributed by atoms with van der Waals surface area (Å²) in [5.74, 6) is -0.465. The fourth-order valence-corrected chi connectivity index (χ4v) is 4.54. The van der Waals surface area contributed by atoms with Gasteiger partial charge in [-0.15, -0.1) is 5.10 Å². The number of aromatic nitrogens is 3. The summed E-state index contributed by atoms with van der Waals surface area (Å²) in [6, 6.07) is 4.89. The summed E-state index contributed by atoms with van der Waals surface area (Å²) in [6.07, 6.45) is 0.612. The van der Waals surface area contributed by atoms with Crippen LogP contribution in [0.1, 0.15) is 17.0 Å². The molecule has 0 aliphatic carbocycles. The molecule has 1 aromatic carbocycles. The van der Waals surface area contributed by atoms with Gasteiger partial charge in [0, 0.05) is 18.4 Å². The van der Waals surface area contributed by atoms with Gasteiger partial charge < -0.3 is 11.1 Å².